The number of nitrogens with zero attached hydrogens (tertiary/aromatic N) is 7. The Morgan fingerprint density at radius 1 is 1.19 bits per heavy atom. The van der Waals surface area contributed by atoms with Crippen LogP contribution in [-0.2, 0) is 6.42 Å². The van der Waals surface area contributed by atoms with E-state index in [-0.39, 0.29) is 6.04 Å². The fourth-order valence-electron chi connectivity index (χ4n) is 4.07. The smallest absolute Gasteiger partial charge is 0.319 e. The van der Waals surface area contributed by atoms with Gasteiger partial charge in [0.05, 0.1) is 33.8 Å². The van der Waals surface area contributed by atoms with E-state index < -0.39 is 0 Å². The van der Waals surface area contributed by atoms with Crippen molar-refractivity contribution in [1.82, 2.24) is 34.8 Å². The largest absolute Gasteiger partial charge is 0.403 e. The van der Waals surface area contributed by atoms with Crippen molar-refractivity contribution < 1.29 is 4.42 Å². The minimum absolute atomic E-state index is 0.283. The summed E-state index contributed by atoms with van der Waals surface area (Å²) in [4.78, 5) is 14.2. The molecule has 1 unspecified atom stereocenters. The number of rotatable bonds is 3. The van der Waals surface area contributed by atoms with E-state index in [4.69, 9.17) is 21.1 Å². The van der Waals surface area contributed by atoms with E-state index in [1.54, 1.807) is 17.0 Å². The molecule has 5 aromatic heterocycles. The highest BCUT2D eigenvalue weighted by Crippen LogP contribution is 2.37. The van der Waals surface area contributed by atoms with E-state index in [0.29, 0.717) is 23.5 Å². The molecule has 0 aromatic carbocycles. The average Bonchev–Trinajstić information content (AvgIpc) is 3.52. The number of H-pyrrole nitrogens is 1. The molecule has 1 atom stereocenters. The third-order valence-corrected chi connectivity index (χ3v) is 5.89. The second-order valence-electron chi connectivity index (χ2n) is 7.39. The van der Waals surface area contributed by atoms with Crippen LogP contribution >= 0.6 is 11.6 Å². The maximum absolute atomic E-state index is 6.38. The quantitative estimate of drug-likeness (QED) is 0.464. The van der Waals surface area contributed by atoms with E-state index >= 15 is 0 Å². The Hall–Kier alpha value is -3.72. The van der Waals surface area contributed by atoms with E-state index in [0.717, 1.165) is 40.3 Å². The first-order valence-electron chi connectivity index (χ1n) is 9.87. The number of aromatic nitrogens is 7. The second-order valence-corrected chi connectivity index (χ2v) is 7.80. The van der Waals surface area contributed by atoms with Crippen LogP contribution in [0.5, 0.6) is 0 Å². The Morgan fingerprint density at radius 2 is 2.13 bits per heavy atom. The highest BCUT2D eigenvalue weighted by molar-refractivity contribution is 6.33. The molecule has 1 aliphatic rings. The number of aromatic amines is 1. The van der Waals surface area contributed by atoms with Gasteiger partial charge in [0.15, 0.2) is 0 Å². The van der Waals surface area contributed by atoms with Crippen molar-refractivity contribution in [3.05, 3.63) is 76.9 Å². The van der Waals surface area contributed by atoms with Crippen LogP contribution in [0.1, 0.15) is 28.8 Å². The van der Waals surface area contributed by atoms with E-state index in [1.165, 1.54) is 0 Å². The zero-order valence-electron chi connectivity index (χ0n) is 16.5. The van der Waals surface area contributed by atoms with Crippen LogP contribution in [-0.4, -0.2) is 41.3 Å². The lowest BCUT2D eigenvalue weighted by molar-refractivity contribution is 0.503. The highest BCUT2D eigenvalue weighted by atomic mass is 35.5. The maximum atomic E-state index is 6.38. The molecule has 0 fully saturated rings. The zero-order chi connectivity index (χ0) is 20.9. The molecule has 5 aromatic rings. The minimum atomic E-state index is -0.283. The predicted molar refractivity (Wildman–Crippen MR) is 114 cm³/mol. The number of halogens is 1. The van der Waals surface area contributed by atoms with Crippen LogP contribution < -0.4 is 4.90 Å². The van der Waals surface area contributed by atoms with Gasteiger partial charge in [0.1, 0.15) is 6.04 Å². The fourth-order valence-corrected chi connectivity index (χ4v) is 4.28. The minimum Gasteiger partial charge on any atom is -0.403 e. The van der Waals surface area contributed by atoms with Crippen molar-refractivity contribution in [3.63, 3.8) is 0 Å². The molecular formula is C21H17ClN8O. The standard InChI is InChI=1S/C21H17ClN8O/c1-12-13(4-2-7-23-12)20-26-27-21(31-20)29-9-6-15-18(25-11-24-15)19(29)16-10-17-14(22)5-3-8-30(17)28-16/h2-5,7-8,10-11,19H,6,9H2,1H3,(H,24,25). The van der Waals surface area contributed by atoms with Gasteiger partial charge in [0.2, 0.25) is 0 Å². The maximum Gasteiger partial charge on any atom is 0.319 e. The van der Waals surface area contributed by atoms with Crippen LogP contribution in [0.25, 0.3) is 17.0 Å². The summed E-state index contributed by atoms with van der Waals surface area (Å²) in [5, 5.41) is 14.0. The Morgan fingerprint density at radius 3 is 3.00 bits per heavy atom. The molecule has 6 rings (SSSR count). The molecule has 6 heterocycles. The molecule has 1 N–H and O–H groups in total. The lowest BCUT2D eigenvalue weighted by Crippen LogP contribution is -2.36. The first-order chi connectivity index (χ1) is 15.2. The van der Waals surface area contributed by atoms with Gasteiger partial charge in [-0.3, -0.25) is 4.98 Å². The molecule has 31 heavy (non-hydrogen) atoms. The van der Waals surface area contributed by atoms with Gasteiger partial charge in [-0.05, 0) is 37.3 Å². The monoisotopic (exact) mass is 432 g/mol. The van der Waals surface area contributed by atoms with Crippen LogP contribution in [0.4, 0.5) is 6.01 Å². The first kappa shape index (κ1) is 18.1. The van der Waals surface area contributed by atoms with Crippen LogP contribution in [0, 0.1) is 6.92 Å². The first-order valence-corrected chi connectivity index (χ1v) is 10.2. The van der Waals surface area contributed by atoms with Gasteiger partial charge in [0, 0.05) is 36.7 Å². The van der Waals surface area contributed by atoms with Crippen LogP contribution in [0.3, 0.4) is 0 Å². The summed E-state index contributed by atoms with van der Waals surface area (Å²) in [6.07, 6.45) is 6.11. The summed E-state index contributed by atoms with van der Waals surface area (Å²) in [7, 11) is 0. The normalized spacial score (nSPS) is 16.1. The SMILES string of the molecule is Cc1ncccc1-c1nnc(N2CCc3[nH]cnc3C2c2cc3c(Cl)cccn3n2)o1. The third-order valence-electron chi connectivity index (χ3n) is 5.57. The van der Waals surface area contributed by atoms with E-state index in [9.17, 15) is 0 Å². The molecule has 0 saturated carbocycles. The molecule has 0 spiro atoms. The van der Waals surface area contributed by atoms with E-state index in [1.807, 2.05) is 48.4 Å². The van der Waals surface area contributed by atoms with Crippen LogP contribution in [0.15, 0.2) is 53.5 Å². The summed E-state index contributed by atoms with van der Waals surface area (Å²) in [6, 6.07) is 9.60. The summed E-state index contributed by atoms with van der Waals surface area (Å²) < 4.78 is 7.87. The van der Waals surface area contributed by atoms with Crippen molar-refractivity contribution in [1.29, 1.82) is 0 Å². The number of hydrogen-bond acceptors (Lipinski definition) is 7. The third kappa shape index (κ3) is 2.89. The predicted octanol–water partition coefficient (Wildman–Crippen LogP) is 3.62. The zero-order valence-corrected chi connectivity index (χ0v) is 17.3. The van der Waals surface area contributed by atoms with E-state index in [2.05, 4.69) is 25.1 Å². The van der Waals surface area contributed by atoms with Gasteiger partial charge in [-0.2, -0.15) is 5.10 Å². The molecule has 1 aliphatic heterocycles. The number of fused-ring (bicyclic) bond motifs is 2. The molecule has 9 nitrogen and oxygen atoms in total. The Kier molecular flexibility index (Phi) is 4.03. The molecule has 0 radical (unpaired) electrons. The van der Waals surface area contributed by atoms with Gasteiger partial charge >= 0.3 is 6.01 Å². The Labute approximate surface area is 181 Å². The molecule has 0 amide bonds. The number of aryl methyl sites for hydroxylation is 1. The fraction of sp³-hybridized carbons (Fsp3) is 0.190. The molecule has 10 heteroatoms. The summed E-state index contributed by atoms with van der Waals surface area (Å²) >= 11 is 6.38. The summed E-state index contributed by atoms with van der Waals surface area (Å²) in [6.45, 7) is 2.59. The van der Waals surface area contributed by atoms with Gasteiger partial charge in [0.25, 0.3) is 5.89 Å². The Bertz CT molecular complexity index is 1400. The van der Waals surface area contributed by atoms with Gasteiger partial charge in [-0.25, -0.2) is 9.50 Å². The number of nitrogens with one attached hydrogen (secondary N) is 1. The molecular weight excluding hydrogens is 416 g/mol. The van der Waals surface area contributed by atoms with Gasteiger partial charge in [-0.15, -0.1) is 5.10 Å². The average molecular weight is 433 g/mol. The topological polar surface area (TPSA) is 101 Å². The number of anilines is 1. The molecule has 0 bridgehead atoms. The second kappa shape index (κ2) is 6.92. The summed E-state index contributed by atoms with van der Waals surface area (Å²) in [5.74, 6) is 0.435. The van der Waals surface area contributed by atoms with Crippen molar-refractivity contribution in [2.75, 3.05) is 11.4 Å². The lowest BCUT2D eigenvalue weighted by atomic mass is 10.0. The highest BCUT2D eigenvalue weighted by Gasteiger charge is 2.36. The molecule has 0 saturated heterocycles. The van der Waals surface area contributed by atoms with Gasteiger partial charge < -0.3 is 14.3 Å². The van der Waals surface area contributed by atoms with Crippen LogP contribution in [0.2, 0.25) is 5.02 Å². The van der Waals surface area contributed by atoms with Crippen molar-refractivity contribution in [2.24, 2.45) is 0 Å². The Balaban J connectivity index is 1.46. The van der Waals surface area contributed by atoms with Crippen molar-refractivity contribution >= 4 is 23.1 Å². The molecule has 154 valence electrons. The van der Waals surface area contributed by atoms with Crippen molar-refractivity contribution in [3.8, 4) is 11.5 Å². The van der Waals surface area contributed by atoms with Gasteiger partial charge in [-0.1, -0.05) is 16.7 Å². The number of pyridine rings is 2. The van der Waals surface area contributed by atoms with Crippen molar-refractivity contribution in [2.45, 2.75) is 19.4 Å². The number of hydrogen-bond donors (Lipinski definition) is 1. The summed E-state index contributed by atoms with van der Waals surface area (Å²) in [5.41, 5.74) is 5.25. The molecule has 0 aliphatic carbocycles. The number of imidazole rings is 1. The lowest BCUT2D eigenvalue weighted by Gasteiger charge is -2.32.